The van der Waals surface area contributed by atoms with E-state index in [4.69, 9.17) is 0 Å². The number of nitrogens with zero attached hydrogens (tertiary/aromatic N) is 2. The fraction of sp³-hybridized carbons (Fsp3) is 0.286. The summed E-state index contributed by atoms with van der Waals surface area (Å²) in [6.45, 7) is 5.08. The smallest absolute Gasteiger partial charge is 0.161 e. The maximum Gasteiger partial charge on any atom is 0.161 e. The largest absolute Gasteiger partial charge is 0.369 e. The third-order valence-corrected chi connectivity index (χ3v) is 3.79. The lowest BCUT2D eigenvalue weighted by molar-refractivity contribution is 0.963. The second-order valence-electron chi connectivity index (χ2n) is 4.28. The summed E-state index contributed by atoms with van der Waals surface area (Å²) in [5, 5.41) is 3.30. The van der Waals surface area contributed by atoms with E-state index in [9.17, 15) is 0 Å². The van der Waals surface area contributed by atoms with Crippen molar-refractivity contribution in [2.75, 3.05) is 11.9 Å². The topological polar surface area (TPSA) is 37.8 Å². The molecule has 0 saturated carbocycles. The van der Waals surface area contributed by atoms with E-state index in [1.165, 1.54) is 0 Å². The lowest BCUT2D eigenvalue weighted by Crippen LogP contribution is -2.04. The number of benzene rings is 1. The molecule has 0 fully saturated rings. The van der Waals surface area contributed by atoms with Crippen LogP contribution < -0.4 is 5.32 Å². The number of halogens is 2. The van der Waals surface area contributed by atoms with Crippen molar-refractivity contribution in [3.05, 3.63) is 38.9 Å². The summed E-state index contributed by atoms with van der Waals surface area (Å²) in [4.78, 5) is 8.98. The standard InChI is InChI=1S/C14H15Br2N3/c1-3-6-17-14-12(16)8-18-13(19-14)11-5-4-10(15)7-9(11)2/h4-5,7-8H,3,6H2,1-2H3,(H,17,18,19). The summed E-state index contributed by atoms with van der Waals surface area (Å²) in [7, 11) is 0. The van der Waals surface area contributed by atoms with Gasteiger partial charge in [-0.25, -0.2) is 9.97 Å². The molecule has 0 saturated heterocycles. The normalized spacial score (nSPS) is 10.5. The first-order valence-corrected chi connectivity index (χ1v) is 7.73. The quantitative estimate of drug-likeness (QED) is 0.822. The van der Waals surface area contributed by atoms with Crippen molar-refractivity contribution >= 4 is 37.7 Å². The first-order valence-electron chi connectivity index (χ1n) is 6.14. The molecule has 1 heterocycles. The van der Waals surface area contributed by atoms with Gasteiger partial charge in [0.2, 0.25) is 0 Å². The molecular weight excluding hydrogens is 370 g/mol. The third-order valence-electron chi connectivity index (χ3n) is 2.72. The Hall–Kier alpha value is -0.940. The first-order chi connectivity index (χ1) is 9.11. The minimum atomic E-state index is 0.742. The van der Waals surface area contributed by atoms with E-state index >= 15 is 0 Å². The molecule has 0 spiro atoms. The van der Waals surface area contributed by atoms with Crippen molar-refractivity contribution in [2.45, 2.75) is 20.3 Å². The average Bonchev–Trinajstić information content (AvgIpc) is 2.38. The van der Waals surface area contributed by atoms with Gasteiger partial charge in [-0.15, -0.1) is 0 Å². The Morgan fingerprint density at radius 3 is 2.74 bits per heavy atom. The van der Waals surface area contributed by atoms with Crippen molar-refractivity contribution in [1.82, 2.24) is 9.97 Å². The fourth-order valence-electron chi connectivity index (χ4n) is 1.74. The zero-order chi connectivity index (χ0) is 13.8. The van der Waals surface area contributed by atoms with Gasteiger partial charge in [-0.3, -0.25) is 0 Å². The van der Waals surface area contributed by atoms with Crippen LogP contribution in [0.15, 0.2) is 33.3 Å². The maximum atomic E-state index is 4.59. The molecule has 19 heavy (non-hydrogen) atoms. The van der Waals surface area contributed by atoms with Crippen molar-refractivity contribution in [3.8, 4) is 11.4 Å². The zero-order valence-electron chi connectivity index (χ0n) is 10.9. The van der Waals surface area contributed by atoms with E-state index in [2.05, 4.69) is 67.1 Å². The highest BCUT2D eigenvalue weighted by atomic mass is 79.9. The van der Waals surface area contributed by atoms with E-state index < -0.39 is 0 Å². The number of aromatic nitrogens is 2. The van der Waals surface area contributed by atoms with Crippen LogP contribution in [0.1, 0.15) is 18.9 Å². The monoisotopic (exact) mass is 383 g/mol. The lowest BCUT2D eigenvalue weighted by Gasteiger charge is -2.10. The molecule has 1 aromatic heterocycles. The summed E-state index contributed by atoms with van der Waals surface area (Å²) in [6.07, 6.45) is 2.85. The number of hydrogen-bond donors (Lipinski definition) is 1. The molecule has 3 nitrogen and oxygen atoms in total. The Labute approximate surface area is 130 Å². The summed E-state index contributed by atoms with van der Waals surface area (Å²) >= 11 is 6.94. The number of anilines is 1. The molecule has 1 N–H and O–H groups in total. The van der Waals surface area contributed by atoms with E-state index in [1.807, 2.05) is 12.1 Å². The maximum absolute atomic E-state index is 4.59. The zero-order valence-corrected chi connectivity index (χ0v) is 14.0. The van der Waals surface area contributed by atoms with Crippen molar-refractivity contribution < 1.29 is 0 Å². The number of aryl methyl sites for hydroxylation is 1. The Morgan fingerprint density at radius 1 is 1.26 bits per heavy atom. The summed E-state index contributed by atoms with van der Waals surface area (Å²) in [6, 6.07) is 6.11. The van der Waals surface area contributed by atoms with Gasteiger partial charge in [0.25, 0.3) is 0 Å². The average molecular weight is 385 g/mol. The van der Waals surface area contributed by atoms with Crippen LogP contribution in [0.4, 0.5) is 5.82 Å². The predicted molar refractivity (Wildman–Crippen MR) is 86.4 cm³/mol. The minimum Gasteiger partial charge on any atom is -0.369 e. The van der Waals surface area contributed by atoms with E-state index in [0.717, 1.165) is 44.7 Å². The molecule has 0 aliphatic rings. The predicted octanol–water partition coefficient (Wildman–Crippen LogP) is 4.80. The van der Waals surface area contributed by atoms with Crippen LogP contribution in [-0.4, -0.2) is 16.5 Å². The lowest BCUT2D eigenvalue weighted by atomic mass is 10.1. The van der Waals surface area contributed by atoms with E-state index in [-0.39, 0.29) is 0 Å². The van der Waals surface area contributed by atoms with Gasteiger partial charge in [-0.1, -0.05) is 22.9 Å². The van der Waals surface area contributed by atoms with Crippen LogP contribution >= 0.6 is 31.9 Å². The summed E-state index contributed by atoms with van der Waals surface area (Å²) < 4.78 is 1.95. The Balaban J connectivity index is 2.39. The Kier molecular flexibility index (Phi) is 4.93. The second-order valence-corrected chi connectivity index (χ2v) is 6.05. The molecule has 0 unspecified atom stereocenters. The van der Waals surface area contributed by atoms with Crippen molar-refractivity contribution in [1.29, 1.82) is 0 Å². The molecule has 100 valence electrons. The molecule has 2 aromatic rings. The molecule has 2 rings (SSSR count). The van der Waals surface area contributed by atoms with Crippen LogP contribution in [0.5, 0.6) is 0 Å². The highest BCUT2D eigenvalue weighted by Crippen LogP contribution is 2.27. The minimum absolute atomic E-state index is 0.742. The first kappa shape index (κ1) is 14.5. The van der Waals surface area contributed by atoms with Crippen molar-refractivity contribution in [2.24, 2.45) is 0 Å². The van der Waals surface area contributed by atoms with Gasteiger partial charge in [-0.2, -0.15) is 0 Å². The Bertz CT molecular complexity index is 585. The highest BCUT2D eigenvalue weighted by Gasteiger charge is 2.09. The molecule has 0 radical (unpaired) electrons. The van der Waals surface area contributed by atoms with Gasteiger partial charge in [0.15, 0.2) is 5.82 Å². The van der Waals surface area contributed by atoms with Gasteiger partial charge < -0.3 is 5.32 Å². The highest BCUT2D eigenvalue weighted by molar-refractivity contribution is 9.10. The second kappa shape index (κ2) is 6.48. The summed E-state index contributed by atoms with van der Waals surface area (Å²) in [5.41, 5.74) is 2.20. The molecule has 0 aliphatic heterocycles. The molecule has 5 heteroatoms. The fourth-order valence-corrected chi connectivity index (χ4v) is 2.55. The van der Waals surface area contributed by atoms with Gasteiger partial charge >= 0.3 is 0 Å². The molecule has 0 amide bonds. The van der Waals surface area contributed by atoms with Gasteiger partial charge in [0.1, 0.15) is 5.82 Å². The van der Waals surface area contributed by atoms with Crippen LogP contribution in [0, 0.1) is 6.92 Å². The summed E-state index contributed by atoms with van der Waals surface area (Å²) in [5.74, 6) is 1.58. The van der Waals surface area contributed by atoms with Gasteiger partial charge in [0.05, 0.1) is 4.47 Å². The number of nitrogens with one attached hydrogen (secondary N) is 1. The van der Waals surface area contributed by atoms with Gasteiger partial charge in [-0.05, 0) is 53.0 Å². The van der Waals surface area contributed by atoms with E-state index in [0.29, 0.717) is 0 Å². The molecule has 1 aromatic carbocycles. The molecule has 0 bridgehead atoms. The van der Waals surface area contributed by atoms with Crippen LogP contribution in [-0.2, 0) is 0 Å². The number of hydrogen-bond acceptors (Lipinski definition) is 3. The van der Waals surface area contributed by atoms with E-state index in [1.54, 1.807) is 6.20 Å². The molecule has 0 atom stereocenters. The van der Waals surface area contributed by atoms with Crippen LogP contribution in [0.3, 0.4) is 0 Å². The van der Waals surface area contributed by atoms with Crippen LogP contribution in [0.2, 0.25) is 0 Å². The van der Waals surface area contributed by atoms with Crippen LogP contribution in [0.25, 0.3) is 11.4 Å². The Morgan fingerprint density at radius 2 is 2.05 bits per heavy atom. The third kappa shape index (κ3) is 3.54. The van der Waals surface area contributed by atoms with Gasteiger partial charge in [0, 0.05) is 22.8 Å². The van der Waals surface area contributed by atoms with Crippen molar-refractivity contribution in [3.63, 3.8) is 0 Å². The number of rotatable bonds is 4. The SMILES string of the molecule is CCCNc1nc(-c2ccc(Br)cc2C)ncc1Br. The molecule has 0 aliphatic carbocycles. The molecular formula is C14H15Br2N3.